The molecule has 2 aliphatic heterocycles. The van der Waals surface area contributed by atoms with Crippen molar-refractivity contribution in [2.75, 3.05) is 11.7 Å². The van der Waals surface area contributed by atoms with Crippen LogP contribution in [0.4, 0.5) is 5.69 Å². The molecular formula is C19H14ClN3O2S2. The Kier molecular flexibility index (Phi) is 4.15. The van der Waals surface area contributed by atoms with Gasteiger partial charge in [0.05, 0.1) is 22.1 Å². The fourth-order valence-corrected chi connectivity index (χ4v) is 4.98. The molecule has 0 unspecified atom stereocenters. The number of anilines is 1. The number of rotatable bonds is 3. The maximum Gasteiger partial charge on any atom is 0.231 e. The second kappa shape index (κ2) is 6.67. The number of pyridine rings is 1. The summed E-state index contributed by atoms with van der Waals surface area (Å²) in [6.07, 6.45) is 1.79. The molecule has 0 aliphatic carbocycles. The van der Waals surface area contributed by atoms with Crippen LogP contribution < -0.4 is 19.7 Å². The van der Waals surface area contributed by atoms with E-state index in [1.54, 1.807) is 17.5 Å². The van der Waals surface area contributed by atoms with E-state index in [1.807, 2.05) is 48.5 Å². The van der Waals surface area contributed by atoms with Gasteiger partial charge < -0.3 is 19.7 Å². The highest BCUT2D eigenvalue weighted by atomic mass is 35.5. The Morgan fingerprint density at radius 2 is 2.04 bits per heavy atom. The number of hydrogen-bond acceptors (Lipinski definition) is 5. The van der Waals surface area contributed by atoms with E-state index in [1.165, 1.54) is 0 Å². The van der Waals surface area contributed by atoms with Crippen LogP contribution in [0, 0.1) is 0 Å². The molecule has 2 aromatic heterocycles. The third-order valence-electron chi connectivity index (χ3n) is 4.62. The van der Waals surface area contributed by atoms with Crippen LogP contribution in [0.3, 0.4) is 0 Å². The minimum Gasteiger partial charge on any atom is -0.454 e. The first-order valence-electron chi connectivity index (χ1n) is 8.36. The summed E-state index contributed by atoms with van der Waals surface area (Å²) in [6.45, 7) is 0.238. The molecule has 0 spiro atoms. The Labute approximate surface area is 170 Å². The van der Waals surface area contributed by atoms with Crippen LogP contribution in [-0.2, 0) is 0 Å². The summed E-state index contributed by atoms with van der Waals surface area (Å²) in [6, 6.07) is 15.6. The van der Waals surface area contributed by atoms with Crippen molar-refractivity contribution < 1.29 is 9.47 Å². The quantitative estimate of drug-likeness (QED) is 0.625. The van der Waals surface area contributed by atoms with Gasteiger partial charge in [-0.25, -0.2) is 0 Å². The summed E-state index contributed by atoms with van der Waals surface area (Å²) in [4.78, 5) is 7.75. The fourth-order valence-electron chi connectivity index (χ4n) is 3.44. The summed E-state index contributed by atoms with van der Waals surface area (Å²) in [7, 11) is 0. The van der Waals surface area contributed by atoms with E-state index < -0.39 is 0 Å². The second-order valence-corrected chi connectivity index (χ2v) is 8.31. The normalized spacial score (nSPS) is 20.8. The lowest BCUT2D eigenvalue weighted by Gasteiger charge is -2.27. The van der Waals surface area contributed by atoms with Gasteiger partial charge in [-0.15, -0.1) is 11.3 Å². The van der Waals surface area contributed by atoms with E-state index in [4.69, 9.17) is 33.3 Å². The monoisotopic (exact) mass is 415 g/mol. The second-order valence-electron chi connectivity index (χ2n) is 6.18. The van der Waals surface area contributed by atoms with E-state index >= 15 is 0 Å². The molecule has 0 amide bonds. The maximum atomic E-state index is 6.23. The first-order valence-corrected chi connectivity index (χ1v) is 9.96. The van der Waals surface area contributed by atoms with Gasteiger partial charge >= 0.3 is 0 Å². The SMILES string of the molecule is S=C1N[C@@H](c2ccccn2)[C@@H](c2ccc(Cl)s2)N1c1ccc2c(c1)OCO2. The Balaban J connectivity index is 1.61. The molecule has 1 N–H and O–H groups in total. The van der Waals surface area contributed by atoms with Crippen LogP contribution in [0.2, 0.25) is 4.34 Å². The highest BCUT2D eigenvalue weighted by Gasteiger charge is 2.41. The van der Waals surface area contributed by atoms with Gasteiger partial charge in [-0.1, -0.05) is 17.7 Å². The number of aromatic nitrogens is 1. The molecule has 1 saturated heterocycles. The molecule has 8 heteroatoms. The van der Waals surface area contributed by atoms with E-state index in [9.17, 15) is 0 Å². The third-order valence-corrected chi connectivity index (χ3v) is 6.23. The molecule has 136 valence electrons. The van der Waals surface area contributed by atoms with Crippen LogP contribution >= 0.6 is 35.2 Å². The van der Waals surface area contributed by atoms with Crippen molar-refractivity contribution in [1.29, 1.82) is 0 Å². The molecular weight excluding hydrogens is 402 g/mol. The van der Waals surface area contributed by atoms with Crippen LogP contribution in [0.15, 0.2) is 54.7 Å². The van der Waals surface area contributed by atoms with E-state index in [-0.39, 0.29) is 18.9 Å². The number of hydrogen-bond donors (Lipinski definition) is 1. The molecule has 0 saturated carbocycles. The first-order chi connectivity index (χ1) is 13.2. The lowest BCUT2D eigenvalue weighted by Crippen LogP contribution is -2.29. The van der Waals surface area contributed by atoms with Crippen molar-refractivity contribution in [2.24, 2.45) is 0 Å². The average molecular weight is 416 g/mol. The summed E-state index contributed by atoms with van der Waals surface area (Å²) < 4.78 is 11.7. The number of fused-ring (bicyclic) bond motifs is 1. The zero-order valence-electron chi connectivity index (χ0n) is 14.0. The maximum absolute atomic E-state index is 6.23. The van der Waals surface area contributed by atoms with Gasteiger partial charge in [-0.3, -0.25) is 4.98 Å². The fraction of sp³-hybridized carbons (Fsp3) is 0.158. The largest absolute Gasteiger partial charge is 0.454 e. The molecule has 5 nitrogen and oxygen atoms in total. The van der Waals surface area contributed by atoms with E-state index in [0.29, 0.717) is 5.11 Å². The predicted octanol–water partition coefficient (Wildman–Crippen LogP) is 4.70. The molecule has 3 aromatic rings. The number of ether oxygens (including phenoxy) is 2. The lowest BCUT2D eigenvalue weighted by atomic mass is 10.0. The standard InChI is InChI=1S/C19H14ClN3O2S2/c20-16-7-6-15(27-16)18-17(12-3-1-2-8-21-12)22-19(26)23(18)11-4-5-13-14(9-11)25-10-24-13/h1-9,17-18H,10H2,(H,22,26)/t17-,18+/m0/s1. The highest BCUT2D eigenvalue weighted by Crippen LogP contribution is 2.46. The molecule has 0 bridgehead atoms. The summed E-state index contributed by atoms with van der Waals surface area (Å²) in [5.41, 5.74) is 1.86. The van der Waals surface area contributed by atoms with Crippen molar-refractivity contribution in [1.82, 2.24) is 10.3 Å². The minimum atomic E-state index is -0.0844. The molecule has 2 aliphatic rings. The smallest absolute Gasteiger partial charge is 0.231 e. The van der Waals surface area contributed by atoms with Gasteiger partial charge in [0.15, 0.2) is 16.6 Å². The number of nitrogens with one attached hydrogen (secondary N) is 1. The molecule has 2 atom stereocenters. The number of halogens is 1. The third kappa shape index (κ3) is 2.92. The van der Waals surface area contributed by atoms with Gasteiger partial charge in [-0.05, 0) is 48.6 Å². The summed E-state index contributed by atoms with van der Waals surface area (Å²) >= 11 is 13.5. The highest BCUT2D eigenvalue weighted by molar-refractivity contribution is 7.80. The number of thiophene rings is 1. The number of nitrogens with zero attached hydrogens (tertiary/aromatic N) is 2. The number of benzene rings is 1. The molecule has 5 rings (SSSR count). The van der Waals surface area contributed by atoms with Crippen LogP contribution in [-0.4, -0.2) is 16.9 Å². The molecule has 27 heavy (non-hydrogen) atoms. The van der Waals surface area contributed by atoms with Crippen LogP contribution in [0.5, 0.6) is 11.5 Å². The Bertz CT molecular complexity index is 1010. The Morgan fingerprint density at radius 1 is 1.15 bits per heavy atom. The molecule has 0 radical (unpaired) electrons. The predicted molar refractivity (Wildman–Crippen MR) is 110 cm³/mol. The Hall–Kier alpha value is -2.35. The Morgan fingerprint density at radius 3 is 2.81 bits per heavy atom. The van der Waals surface area contributed by atoms with Gasteiger partial charge in [0.2, 0.25) is 6.79 Å². The van der Waals surface area contributed by atoms with E-state index in [0.717, 1.165) is 32.1 Å². The van der Waals surface area contributed by atoms with Crippen molar-refractivity contribution in [3.8, 4) is 11.5 Å². The van der Waals surface area contributed by atoms with Gasteiger partial charge in [-0.2, -0.15) is 0 Å². The summed E-state index contributed by atoms with van der Waals surface area (Å²) in [5.74, 6) is 1.47. The number of thiocarbonyl (C=S) groups is 1. The molecule has 1 fully saturated rings. The zero-order chi connectivity index (χ0) is 18.4. The van der Waals surface area contributed by atoms with Crippen molar-refractivity contribution in [3.05, 3.63) is 69.6 Å². The van der Waals surface area contributed by atoms with Crippen LogP contribution in [0.1, 0.15) is 22.7 Å². The van der Waals surface area contributed by atoms with Gasteiger partial charge in [0.25, 0.3) is 0 Å². The zero-order valence-corrected chi connectivity index (χ0v) is 16.4. The van der Waals surface area contributed by atoms with Crippen molar-refractivity contribution in [2.45, 2.75) is 12.1 Å². The molecule has 1 aromatic carbocycles. The van der Waals surface area contributed by atoms with Crippen molar-refractivity contribution >= 4 is 46.0 Å². The van der Waals surface area contributed by atoms with Crippen molar-refractivity contribution in [3.63, 3.8) is 0 Å². The van der Waals surface area contributed by atoms with Gasteiger partial charge in [0.1, 0.15) is 0 Å². The van der Waals surface area contributed by atoms with Crippen LogP contribution in [0.25, 0.3) is 0 Å². The molecule has 4 heterocycles. The van der Waals surface area contributed by atoms with Gasteiger partial charge in [0, 0.05) is 22.8 Å². The average Bonchev–Trinajstić information content (AvgIpc) is 3.39. The van der Waals surface area contributed by atoms with E-state index in [2.05, 4.69) is 15.2 Å². The lowest BCUT2D eigenvalue weighted by molar-refractivity contribution is 0.174. The summed E-state index contributed by atoms with van der Waals surface area (Å²) in [5, 5.41) is 4.07. The topological polar surface area (TPSA) is 46.6 Å². The first kappa shape index (κ1) is 16.8. The minimum absolute atomic E-state index is 0.0646.